The van der Waals surface area contributed by atoms with E-state index in [0.29, 0.717) is 53.4 Å². The second kappa shape index (κ2) is 8.93. The minimum absolute atomic E-state index is 0.0174. The summed E-state index contributed by atoms with van der Waals surface area (Å²) >= 11 is 7.70. The van der Waals surface area contributed by atoms with Gasteiger partial charge in [-0.3, -0.25) is 14.2 Å². The maximum atomic E-state index is 12.7. The molecule has 0 radical (unpaired) electrons. The lowest BCUT2D eigenvalue weighted by atomic mass is 9.96. The lowest BCUT2D eigenvalue weighted by Gasteiger charge is -2.30. The van der Waals surface area contributed by atoms with Crippen molar-refractivity contribution in [2.45, 2.75) is 18.0 Å². The van der Waals surface area contributed by atoms with E-state index < -0.39 is 0 Å². The average Bonchev–Trinajstić information content (AvgIpc) is 3.42. The summed E-state index contributed by atoms with van der Waals surface area (Å²) in [5.41, 5.74) is 6.07. The van der Waals surface area contributed by atoms with E-state index in [4.69, 9.17) is 21.8 Å². The third kappa shape index (κ3) is 4.22. The van der Waals surface area contributed by atoms with Gasteiger partial charge in [0, 0.05) is 19.0 Å². The first-order chi connectivity index (χ1) is 14.5. The number of nitrogens with two attached hydrogens (primary N) is 1. The van der Waals surface area contributed by atoms with Crippen molar-refractivity contribution < 1.29 is 14.0 Å². The topological polar surface area (TPSA) is 107 Å². The molecule has 8 nitrogen and oxygen atoms in total. The Morgan fingerprint density at radius 2 is 1.93 bits per heavy atom. The number of furan rings is 1. The lowest BCUT2D eigenvalue weighted by Crippen LogP contribution is -2.42. The van der Waals surface area contributed by atoms with E-state index in [0.717, 1.165) is 0 Å². The highest BCUT2D eigenvalue weighted by Crippen LogP contribution is 2.31. The minimum atomic E-state index is -0.297. The van der Waals surface area contributed by atoms with Gasteiger partial charge in [0.15, 0.2) is 10.9 Å². The van der Waals surface area contributed by atoms with Crippen molar-refractivity contribution in [2.24, 2.45) is 11.7 Å². The summed E-state index contributed by atoms with van der Waals surface area (Å²) in [5.74, 6) is 0.786. The van der Waals surface area contributed by atoms with Gasteiger partial charge < -0.3 is 15.1 Å². The summed E-state index contributed by atoms with van der Waals surface area (Å²) in [7, 11) is 0. The van der Waals surface area contributed by atoms with E-state index in [1.807, 2.05) is 18.2 Å². The fourth-order valence-electron chi connectivity index (χ4n) is 3.41. The second-order valence-electron chi connectivity index (χ2n) is 6.92. The highest BCUT2D eigenvalue weighted by Gasteiger charge is 2.27. The summed E-state index contributed by atoms with van der Waals surface area (Å²) in [6, 6.07) is 10.9. The van der Waals surface area contributed by atoms with Gasteiger partial charge in [0.25, 0.3) is 0 Å². The Kier molecular flexibility index (Phi) is 6.10. The van der Waals surface area contributed by atoms with Crippen molar-refractivity contribution in [3.8, 4) is 17.3 Å². The van der Waals surface area contributed by atoms with Crippen molar-refractivity contribution in [1.82, 2.24) is 19.7 Å². The molecule has 2 N–H and O–H groups in total. The maximum Gasteiger partial charge on any atom is 0.233 e. The molecule has 1 aromatic carbocycles. The molecule has 0 saturated carbocycles. The van der Waals surface area contributed by atoms with Crippen LogP contribution in [0.2, 0.25) is 5.02 Å². The molecule has 2 amide bonds. The van der Waals surface area contributed by atoms with E-state index in [9.17, 15) is 9.59 Å². The molecule has 0 bridgehead atoms. The van der Waals surface area contributed by atoms with Gasteiger partial charge >= 0.3 is 0 Å². The predicted octanol–water partition coefficient (Wildman–Crippen LogP) is 3.00. The van der Waals surface area contributed by atoms with Crippen LogP contribution in [0, 0.1) is 5.92 Å². The molecule has 156 valence electrons. The Bertz CT molecular complexity index is 1040. The van der Waals surface area contributed by atoms with Crippen LogP contribution < -0.4 is 5.73 Å². The number of amides is 2. The Morgan fingerprint density at radius 1 is 1.17 bits per heavy atom. The molecule has 3 heterocycles. The zero-order chi connectivity index (χ0) is 21.1. The highest BCUT2D eigenvalue weighted by molar-refractivity contribution is 7.99. The molecule has 1 aliphatic heterocycles. The third-order valence-electron chi connectivity index (χ3n) is 5.04. The number of halogens is 1. The number of hydrogen-bond donors (Lipinski definition) is 1. The molecule has 3 aromatic rings. The van der Waals surface area contributed by atoms with Crippen molar-refractivity contribution in [3.05, 3.63) is 47.7 Å². The van der Waals surface area contributed by atoms with Gasteiger partial charge in [-0.15, -0.1) is 10.2 Å². The zero-order valence-electron chi connectivity index (χ0n) is 16.0. The maximum absolute atomic E-state index is 12.7. The van der Waals surface area contributed by atoms with Crippen molar-refractivity contribution in [1.29, 1.82) is 0 Å². The first-order valence-corrected chi connectivity index (χ1v) is 10.8. The van der Waals surface area contributed by atoms with Crippen LogP contribution in [0.1, 0.15) is 12.8 Å². The number of thioether (sulfide) groups is 1. The quantitative estimate of drug-likeness (QED) is 0.584. The van der Waals surface area contributed by atoms with Crippen LogP contribution in [-0.4, -0.2) is 50.3 Å². The van der Waals surface area contributed by atoms with Gasteiger partial charge in [0.2, 0.25) is 17.6 Å². The highest BCUT2D eigenvalue weighted by atomic mass is 35.5. The van der Waals surface area contributed by atoms with Crippen LogP contribution >= 0.6 is 23.4 Å². The number of carbonyl (C=O) groups excluding carboxylic acids is 2. The number of piperidine rings is 1. The van der Waals surface area contributed by atoms with Crippen LogP contribution in [-0.2, 0) is 9.59 Å². The molecule has 0 aliphatic carbocycles. The first kappa shape index (κ1) is 20.5. The van der Waals surface area contributed by atoms with Crippen molar-refractivity contribution in [2.75, 3.05) is 18.8 Å². The Morgan fingerprint density at radius 3 is 2.60 bits per heavy atom. The van der Waals surface area contributed by atoms with Gasteiger partial charge in [0.1, 0.15) is 0 Å². The normalized spacial score (nSPS) is 14.8. The number of hydrogen-bond acceptors (Lipinski definition) is 6. The third-order valence-corrected chi connectivity index (χ3v) is 6.28. The average molecular weight is 446 g/mol. The molecule has 0 unspecified atom stereocenters. The number of aromatic nitrogens is 3. The molecule has 0 spiro atoms. The molecule has 10 heteroatoms. The molecule has 1 fully saturated rings. The second-order valence-corrected chi connectivity index (χ2v) is 8.27. The van der Waals surface area contributed by atoms with E-state index in [-0.39, 0.29) is 23.5 Å². The standard InChI is InChI=1S/C20H20ClN5O3S/c21-14-4-1-2-5-15(14)26-19(16-6-3-11-29-16)23-24-20(26)30-12-17(27)25-9-7-13(8-10-25)18(22)28/h1-6,11,13H,7-10,12H2,(H2,22,28). The zero-order valence-corrected chi connectivity index (χ0v) is 17.6. The van der Waals surface area contributed by atoms with E-state index in [2.05, 4.69) is 10.2 Å². The van der Waals surface area contributed by atoms with Gasteiger partial charge in [-0.25, -0.2) is 0 Å². The number of nitrogens with zero attached hydrogens (tertiary/aromatic N) is 4. The number of benzene rings is 1. The molecule has 1 aliphatic rings. The molecular weight excluding hydrogens is 426 g/mol. The molecule has 4 rings (SSSR count). The Labute approximate surface area is 182 Å². The number of primary amides is 1. The largest absolute Gasteiger partial charge is 0.461 e. The summed E-state index contributed by atoms with van der Waals surface area (Å²) in [6.07, 6.45) is 2.77. The van der Waals surface area contributed by atoms with Crippen LogP contribution in [0.15, 0.2) is 52.2 Å². The smallest absolute Gasteiger partial charge is 0.233 e. The molecule has 0 atom stereocenters. The molecule has 30 heavy (non-hydrogen) atoms. The van der Waals surface area contributed by atoms with Gasteiger partial charge in [-0.2, -0.15) is 0 Å². The number of rotatable bonds is 6. The van der Waals surface area contributed by atoms with E-state index >= 15 is 0 Å². The van der Waals surface area contributed by atoms with Crippen LogP contribution in [0.5, 0.6) is 0 Å². The van der Waals surface area contributed by atoms with Gasteiger partial charge in [-0.05, 0) is 37.1 Å². The van der Waals surface area contributed by atoms with E-state index in [1.165, 1.54) is 11.8 Å². The fraction of sp³-hybridized carbons (Fsp3) is 0.300. The minimum Gasteiger partial charge on any atom is -0.461 e. The molecular formula is C20H20ClN5O3S. The molecule has 2 aromatic heterocycles. The summed E-state index contributed by atoms with van der Waals surface area (Å²) < 4.78 is 7.29. The Balaban J connectivity index is 1.53. The predicted molar refractivity (Wildman–Crippen MR) is 113 cm³/mol. The van der Waals surface area contributed by atoms with Gasteiger partial charge in [-0.1, -0.05) is 35.5 Å². The van der Waals surface area contributed by atoms with Crippen LogP contribution in [0.4, 0.5) is 0 Å². The fourth-order valence-corrected chi connectivity index (χ4v) is 4.48. The van der Waals surface area contributed by atoms with Crippen LogP contribution in [0.3, 0.4) is 0 Å². The number of para-hydroxylation sites is 1. The number of likely N-dealkylation sites (tertiary alicyclic amines) is 1. The number of carbonyl (C=O) groups is 2. The summed E-state index contributed by atoms with van der Waals surface area (Å²) in [6.45, 7) is 1.06. The van der Waals surface area contributed by atoms with E-state index in [1.54, 1.807) is 33.9 Å². The van der Waals surface area contributed by atoms with Crippen molar-refractivity contribution >= 4 is 35.2 Å². The van der Waals surface area contributed by atoms with Crippen LogP contribution in [0.25, 0.3) is 17.3 Å². The van der Waals surface area contributed by atoms with Gasteiger partial charge in [0.05, 0.1) is 22.7 Å². The first-order valence-electron chi connectivity index (χ1n) is 9.48. The monoisotopic (exact) mass is 445 g/mol. The Hall–Kier alpha value is -2.78. The van der Waals surface area contributed by atoms with Crippen molar-refractivity contribution in [3.63, 3.8) is 0 Å². The lowest BCUT2D eigenvalue weighted by molar-refractivity contribution is -0.132. The molecule has 1 saturated heterocycles. The summed E-state index contributed by atoms with van der Waals surface area (Å²) in [4.78, 5) is 25.8. The SMILES string of the molecule is NC(=O)C1CCN(C(=O)CSc2nnc(-c3ccco3)n2-c2ccccc2Cl)CC1. The summed E-state index contributed by atoms with van der Waals surface area (Å²) in [5, 5.41) is 9.60.